The normalized spacial score (nSPS) is 28.8. The predicted octanol–water partition coefficient (Wildman–Crippen LogP) is 2.80. The minimum absolute atomic E-state index is 0.00781. The lowest BCUT2D eigenvalue weighted by molar-refractivity contribution is 0.254. The zero-order valence-corrected chi connectivity index (χ0v) is 13.4. The van der Waals surface area contributed by atoms with Crippen molar-refractivity contribution in [3.63, 3.8) is 0 Å². The molecule has 1 aromatic carbocycles. The van der Waals surface area contributed by atoms with Gasteiger partial charge in [-0.3, -0.25) is 0 Å². The van der Waals surface area contributed by atoms with Gasteiger partial charge >= 0.3 is 0 Å². The van der Waals surface area contributed by atoms with Gasteiger partial charge in [0.05, 0.1) is 6.04 Å². The Morgan fingerprint density at radius 3 is 2.48 bits per heavy atom. The molecule has 0 aliphatic carbocycles. The van der Waals surface area contributed by atoms with E-state index in [-0.39, 0.29) is 6.04 Å². The van der Waals surface area contributed by atoms with Crippen LogP contribution in [0.15, 0.2) is 30.3 Å². The maximum atomic E-state index is 13.0. The van der Waals surface area contributed by atoms with E-state index in [1.807, 2.05) is 30.3 Å². The first-order valence-electron chi connectivity index (χ1n) is 7.91. The van der Waals surface area contributed by atoms with E-state index in [2.05, 4.69) is 6.92 Å². The molecule has 116 valence electrons. The summed E-state index contributed by atoms with van der Waals surface area (Å²) >= 11 is 0. The molecule has 2 aliphatic rings. The standard InChI is InChI=1S/C16H24N2O2S/c1-14-7-5-11-17(13-14)21(19,20)18-12-6-10-16(18)15-8-3-2-4-9-15/h2-4,8-9,14,16H,5-7,10-13H2,1H3/t14-,16+/m0/s1. The topological polar surface area (TPSA) is 40.6 Å². The Hall–Kier alpha value is -0.910. The lowest BCUT2D eigenvalue weighted by Gasteiger charge is -2.35. The Bertz CT molecular complexity index is 573. The van der Waals surface area contributed by atoms with Crippen LogP contribution < -0.4 is 0 Å². The quantitative estimate of drug-likeness (QED) is 0.861. The molecule has 21 heavy (non-hydrogen) atoms. The van der Waals surface area contributed by atoms with Crippen LogP contribution in [0.2, 0.25) is 0 Å². The zero-order valence-electron chi connectivity index (χ0n) is 12.6. The summed E-state index contributed by atoms with van der Waals surface area (Å²) in [5.41, 5.74) is 1.11. The summed E-state index contributed by atoms with van der Waals surface area (Å²) < 4.78 is 29.4. The summed E-state index contributed by atoms with van der Waals surface area (Å²) in [5, 5.41) is 0. The molecule has 0 unspecified atom stereocenters. The molecule has 2 heterocycles. The predicted molar refractivity (Wildman–Crippen MR) is 84.0 cm³/mol. The zero-order chi connectivity index (χ0) is 14.9. The largest absolute Gasteiger partial charge is 0.282 e. The van der Waals surface area contributed by atoms with E-state index in [4.69, 9.17) is 0 Å². The van der Waals surface area contributed by atoms with Gasteiger partial charge in [-0.1, -0.05) is 37.3 Å². The van der Waals surface area contributed by atoms with Gasteiger partial charge in [0.15, 0.2) is 0 Å². The van der Waals surface area contributed by atoms with Crippen molar-refractivity contribution in [1.82, 2.24) is 8.61 Å². The van der Waals surface area contributed by atoms with E-state index in [1.165, 1.54) is 0 Å². The highest BCUT2D eigenvalue weighted by Crippen LogP contribution is 2.36. The van der Waals surface area contributed by atoms with Gasteiger partial charge in [-0.15, -0.1) is 0 Å². The molecule has 0 aromatic heterocycles. The lowest BCUT2D eigenvalue weighted by atomic mass is 10.0. The summed E-state index contributed by atoms with van der Waals surface area (Å²) in [5.74, 6) is 0.464. The Kier molecular flexibility index (Phi) is 4.33. The summed E-state index contributed by atoms with van der Waals surface area (Å²) in [6, 6.07) is 10.0. The molecule has 4 nitrogen and oxygen atoms in total. The third kappa shape index (κ3) is 3.00. The monoisotopic (exact) mass is 308 g/mol. The molecule has 0 N–H and O–H groups in total. The molecular weight excluding hydrogens is 284 g/mol. The van der Waals surface area contributed by atoms with Gasteiger partial charge in [0.1, 0.15) is 0 Å². The highest BCUT2D eigenvalue weighted by Gasteiger charge is 2.39. The summed E-state index contributed by atoms with van der Waals surface area (Å²) in [6.45, 7) is 4.12. The second kappa shape index (κ2) is 6.07. The molecule has 5 heteroatoms. The van der Waals surface area contributed by atoms with E-state index in [1.54, 1.807) is 8.61 Å². The maximum Gasteiger partial charge on any atom is 0.282 e. The molecule has 2 aliphatic heterocycles. The maximum absolute atomic E-state index is 13.0. The van der Waals surface area contributed by atoms with E-state index < -0.39 is 10.2 Å². The molecular formula is C16H24N2O2S. The molecule has 0 amide bonds. The average molecular weight is 308 g/mol. The minimum atomic E-state index is -3.33. The molecule has 0 radical (unpaired) electrons. The summed E-state index contributed by atoms with van der Waals surface area (Å²) in [4.78, 5) is 0. The van der Waals surface area contributed by atoms with Crippen molar-refractivity contribution in [3.05, 3.63) is 35.9 Å². The van der Waals surface area contributed by atoms with Gasteiger partial charge in [-0.05, 0) is 37.2 Å². The van der Waals surface area contributed by atoms with Crippen molar-refractivity contribution in [1.29, 1.82) is 0 Å². The van der Waals surface area contributed by atoms with Crippen molar-refractivity contribution in [2.24, 2.45) is 5.92 Å². The van der Waals surface area contributed by atoms with Gasteiger partial charge < -0.3 is 0 Å². The fourth-order valence-electron chi connectivity index (χ4n) is 3.53. The lowest BCUT2D eigenvalue weighted by Crippen LogP contribution is -2.47. The minimum Gasteiger partial charge on any atom is -0.195 e. The summed E-state index contributed by atoms with van der Waals surface area (Å²) in [6.07, 6.45) is 3.98. The smallest absolute Gasteiger partial charge is 0.195 e. The van der Waals surface area contributed by atoms with Crippen molar-refractivity contribution in [2.75, 3.05) is 19.6 Å². The molecule has 1 aromatic rings. The van der Waals surface area contributed by atoms with Crippen LogP contribution in [0.3, 0.4) is 0 Å². The summed E-state index contributed by atoms with van der Waals surface area (Å²) in [7, 11) is -3.33. The molecule has 2 fully saturated rings. The molecule has 0 saturated carbocycles. The second-order valence-electron chi connectivity index (χ2n) is 6.29. The Balaban J connectivity index is 1.84. The van der Waals surface area contributed by atoms with Crippen LogP contribution in [0, 0.1) is 5.92 Å². The second-order valence-corrected chi connectivity index (χ2v) is 8.17. The molecule has 0 spiro atoms. The van der Waals surface area contributed by atoms with Crippen LogP contribution in [0.1, 0.15) is 44.2 Å². The van der Waals surface area contributed by atoms with Gasteiger partial charge in [0.25, 0.3) is 10.2 Å². The molecule has 0 bridgehead atoms. The van der Waals surface area contributed by atoms with Crippen LogP contribution in [0.4, 0.5) is 0 Å². The fourth-order valence-corrected chi connectivity index (χ4v) is 5.54. The van der Waals surface area contributed by atoms with E-state index in [9.17, 15) is 8.42 Å². The number of rotatable bonds is 3. The van der Waals surface area contributed by atoms with Crippen molar-refractivity contribution in [3.8, 4) is 0 Å². The van der Waals surface area contributed by atoms with Crippen LogP contribution >= 0.6 is 0 Å². The van der Waals surface area contributed by atoms with Crippen molar-refractivity contribution in [2.45, 2.75) is 38.6 Å². The van der Waals surface area contributed by atoms with Crippen molar-refractivity contribution >= 4 is 10.2 Å². The number of hydrogen-bond donors (Lipinski definition) is 0. The Morgan fingerprint density at radius 2 is 1.76 bits per heavy atom. The van der Waals surface area contributed by atoms with Gasteiger partial charge in [-0.2, -0.15) is 17.0 Å². The first-order valence-corrected chi connectivity index (χ1v) is 9.30. The van der Waals surface area contributed by atoms with E-state index in [0.29, 0.717) is 25.6 Å². The third-order valence-corrected chi connectivity index (χ3v) is 6.64. The van der Waals surface area contributed by atoms with Crippen molar-refractivity contribution < 1.29 is 8.42 Å². The van der Waals surface area contributed by atoms with Crippen LogP contribution in [-0.4, -0.2) is 36.7 Å². The van der Waals surface area contributed by atoms with Gasteiger partial charge in [0, 0.05) is 19.6 Å². The average Bonchev–Trinajstić information content (AvgIpc) is 2.98. The van der Waals surface area contributed by atoms with Crippen LogP contribution in [0.5, 0.6) is 0 Å². The number of benzene rings is 1. The highest BCUT2D eigenvalue weighted by molar-refractivity contribution is 7.86. The molecule has 3 rings (SSSR count). The van der Waals surface area contributed by atoms with E-state index >= 15 is 0 Å². The van der Waals surface area contributed by atoms with Gasteiger partial charge in [0.2, 0.25) is 0 Å². The fraction of sp³-hybridized carbons (Fsp3) is 0.625. The number of nitrogens with zero attached hydrogens (tertiary/aromatic N) is 2. The van der Waals surface area contributed by atoms with Crippen LogP contribution in [0.25, 0.3) is 0 Å². The van der Waals surface area contributed by atoms with Gasteiger partial charge in [-0.25, -0.2) is 0 Å². The van der Waals surface area contributed by atoms with Crippen LogP contribution in [-0.2, 0) is 10.2 Å². The highest BCUT2D eigenvalue weighted by atomic mass is 32.2. The first kappa shape index (κ1) is 15.0. The number of hydrogen-bond acceptors (Lipinski definition) is 2. The first-order chi connectivity index (χ1) is 10.1. The SMILES string of the molecule is C[C@H]1CCCN(S(=O)(=O)N2CCC[C@@H]2c2ccccc2)C1. The number of piperidine rings is 1. The molecule has 2 atom stereocenters. The Morgan fingerprint density at radius 1 is 1.05 bits per heavy atom. The van der Waals surface area contributed by atoms with E-state index in [0.717, 1.165) is 31.2 Å². The third-order valence-electron chi connectivity index (χ3n) is 4.63. The molecule has 2 saturated heterocycles. The Labute approximate surface area is 127 Å².